The third kappa shape index (κ3) is 2.36. The summed E-state index contributed by atoms with van der Waals surface area (Å²) in [7, 11) is 1.90. The van der Waals surface area contributed by atoms with Gasteiger partial charge in [0.1, 0.15) is 5.82 Å². The molecule has 2 aliphatic carbocycles. The highest BCUT2D eigenvalue weighted by Crippen LogP contribution is 2.49. The lowest BCUT2D eigenvalue weighted by Gasteiger charge is -2.21. The average molecular weight is 275 g/mol. The Morgan fingerprint density at radius 2 is 2.20 bits per heavy atom. The first-order valence-electron chi connectivity index (χ1n) is 7.90. The number of anilines is 1. The molecule has 110 valence electrons. The molecule has 0 radical (unpaired) electrons. The maximum atomic E-state index is 12.3. The molecule has 4 heteroatoms. The van der Waals surface area contributed by atoms with Crippen LogP contribution in [0.3, 0.4) is 0 Å². The molecule has 0 aromatic carbocycles. The zero-order chi connectivity index (χ0) is 14.3. The Balaban J connectivity index is 1.64. The van der Waals surface area contributed by atoms with Crippen molar-refractivity contribution in [1.82, 2.24) is 9.78 Å². The number of carbonyl (C=O) groups is 1. The van der Waals surface area contributed by atoms with E-state index in [4.69, 9.17) is 0 Å². The molecule has 2 saturated carbocycles. The fraction of sp³-hybridized carbons (Fsp3) is 0.750. The van der Waals surface area contributed by atoms with Crippen LogP contribution in [0, 0.1) is 24.7 Å². The second-order valence-electron chi connectivity index (χ2n) is 6.58. The quantitative estimate of drug-likeness (QED) is 0.918. The van der Waals surface area contributed by atoms with Crippen LogP contribution in [-0.4, -0.2) is 15.7 Å². The molecule has 1 aromatic heterocycles. The summed E-state index contributed by atoms with van der Waals surface area (Å²) in [5, 5.41) is 7.51. The summed E-state index contributed by atoms with van der Waals surface area (Å²) in [6, 6.07) is 0. The van der Waals surface area contributed by atoms with Gasteiger partial charge < -0.3 is 5.32 Å². The zero-order valence-corrected chi connectivity index (χ0v) is 12.8. The van der Waals surface area contributed by atoms with E-state index in [1.54, 1.807) is 4.68 Å². The Bertz CT molecular complexity index is 520. The van der Waals surface area contributed by atoms with Gasteiger partial charge in [-0.1, -0.05) is 13.3 Å². The van der Waals surface area contributed by atoms with Gasteiger partial charge in [0.2, 0.25) is 5.91 Å². The minimum atomic E-state index is 0.167. The number of amides is 1. The van der Waals surface area contributed by atoms with E-state index in [-0.39, 0.29) is 5.91 Å². The van der Waals surface area contributed by atoms with Crippen LogP contribution in [0.1, 0.15) is 50.3 Å². The van der Waals surface area contributed by atoms with E-state index < -0.39 is 0 Å². The summed E-state index contributed by atoms with van der Waals surface area (Å²) in [5.74, 6) is 3.39. The summed E-state index contributed by atoms with van der Waals surface area (Å²) in [6.07, 6.45) is 6.96. The van der Waals surface area contributed by atoms with Crippen molar-refractivity contribution in [3.8, 4) is 0 Å². The summed E-state index contributed by atoms with van der Waals surface area (Å²) in [6.45, 7) is 4.11. The van der Waals surface area contributed by atoms with Crippen molar-refractivity contribution in [1.29, 1.82) is 0 Å². The molecule has 1 aromatic rings. The van der Waals surface area contributed by atoms with Crippen molar-refractivity contribution in [3.63, 3.8) is 0 Å². The lowest BCUT2D eigenvalue weighted by atomic mass is 9.86. The molecule has 2 fully saturated rings. The van der Waals surface area contributed by atoms with Crippen LogP contribution in [0.25, 0.3) is 0 Å². The lowest BCUT2D eigenvalue weighted by Crippen LogP contribution is -2.21. The van der Waals surface area contributed by atoms with Crippen molar-refractivity contribution in [2.45, 2.75) is 52.4 Å². The first-order valence-corrected chi connectivity index (χ1v) is 7.90. The standard InChI is InChI=1S/C16H25N3O/c1-4-14-10(2)18-19(3)16(14)17-15(20)9-13-8-11-5-6-12(13)7-11/h11-13H,4-9H2,1-3H3,(H,17,20). The van der Waals surface area contributed by atoms with Gasteiger partial charge in [0, 0.05) is 19.0 Å². The second kappa shape index (κ2) is 5.23. The maximum absolute atomic E-state index is 12.3. The van der Waals surface area contributed by atoms with E-state index in [1.807, 2.05) is 14.0 Å². The highest BCUT2D eigenvalue weighted by molar-refractivity contribution is 5.91. The van der Waals surface area contributed by atoms with Gasteiger partial charge in [-0.15, -0.1) is 0 Å². The number of nitrogens with zero attached hydrogens (tertiary/aromatic N) is 2. The number of nitrogens with one attached hydrogen (secondary N) is 1. The van der Waals surface area contributed by atoms with Gasteiger partial charge in [0.15, 0.2) is 0 Å². The van der Waals surface area contributed by atoms with E-state index in [9.17, 15) is 4.79 Å². The van der Waals surface area contributed by atoms with Crippen LogP contribution in [0.15, 0.2) is 0 Å². The molecule has 3 rings (SSSR count). The summed E-state index contributed by atoms with van der Waals surface area (Å²) in [4.78, 5) is 12.3. The highest BCUT2D eigenvalue weighted by Gasteiger charge is 2.40. The largest absolute Gasteiger partial charge is 0.311 e. The van der Waals surface area contributed by atoms with Crippen LogP contribution in [0.4, 0.5) is 5.82 Å². The molecule has 4 nitrogen and oxygen atoms in total. The monoisotopic (exact) mass is 275 g/mol. The van der Waals surface area contributed by atoms with Crippen LogP contribution in [-0.2, 0) is 18.3 Å². The molecule has 3 unspecified atom stereocenters. The Morgan fingerprint density at radius 1 is 1.40 bits per heavy atom. The third-order valence-corrected chi connectivity index (χ3v) is 5.29. The molecule has 3 atom stereocenters. The summed E-state index contributed by atoms with van der Waals surface area (Å²) in [5.41, 5.74) is 2.18. The third-order valence-electron chi connectivity index (χ3n) is 5.29. The average Bonchev–Trinajstić information content (AvgIpc) is 3.05. The Labute approximate surface area is 120 Å². The van der Waals surface area contributed by atoms with Gasteiger partial charge in [-0.25, -0.2) is 0 Å². The van der Waals surface area contributed by atoms with E-state index in [0.717, 1.165) is 35.3 Å². The van der Waals surface area contributed by atoms with Crippen LogP contribution in [0.2, 0.25) is 0 Å². The maximum Gasteiger partial charge on any atom is 0.225 e. The van der Waals surface area contributed by atoms with Crippen molar-refractivity contribution in [2.75, 3.05) is 5.32 Å². The number of rotatable bonds is 4. The normalized spacial score (nSPS) is 28.1. The molecule has 1 heterocycles. The molecule has 0 aliphatic heterocycles. The van der Waals surface area contributed by atoms with E-state index >= 15 is 0 Å². The van der Waals surface area contributed by atoms with Gasteiger partial charge in [-0.05, 0) is 50.4 Å². The van der Waals surface area contributed by atoms with Gasteiger partial charge in [-0.2, -0.15) is 5.10 Å². The van der Waals surface area contributed by atoms with E-state index in [2.05, 4.69) is 17.3 Å². The van der Waals surface area contributed by atoms with Gasteiger partial charge in [-0.3, -0.25) is 9.48 Å². The Kier molecular flexibility index (Phi) is 3.57. The lowest BCUT2D eigenvalue weighted by molar-refractivity contribution is -0.117. The predicted octanol–water partition coefficient (Wildman–Crippen LogP) is 3.06. The molecular formula is C16H25N3O. The molecular weight excluding hydrogens is 250 g/mol. The molecule has 1 amide bonds. The first-order chi connectivity index (χ1) is 9.58. The van der Waals surface area contributed by atoms with Crippen molar-refractivity contribution in [2.24, 2.45) is 24.8 Å². The minimum absolute atomic E-state index is 0.167. The van der Waals surface area contributed by atoms with Crippen LogP contribution >= 0.6 is 0 Å². The summed E-state index contributed by atoms with van der Waals surface area (Å²) >= 11 is 0. The molecule has 1 N–H and O–H groups in total. The molecule has 0 saturated heterocycles. The number of hydrogen-bond donors (Lipinski definition) is 1. The number of aromatic nitrogens is 2. The van der Waals surface area contributed by atoms with Crippen molar-refractivity contribution in [3.05, 3.63) is 11.3 Å². The fourth-order valence-corrected chi connectivity index (χ4v) is 4.33. The number of hydrogen-bond acceptors (Lipinski definition) is 2. The SMILES string of the molecule is CCc1c(C)nn(C)c1NC(=O)CC1CC2CCC1C2. The number of fused-ring (bicyclic) bond motifs is 2. The molecule has 0 spiro atoms. The minimum Gasteiger partial charge on any atom is -0.311 e. The fourth-order valence-electron chi connectivity index (χ4n) is 4.33. The predicted molar refractivity (Wildman–Crippen MR) is 79.5 cm³/mol. The van der Waals surface area contributed by atoms with Crippen LogP contribution < -0.4 is 5.32 Å². The second-order valence-corrected chi connectivity index (χ2v) is 6.58. The highest BCUT2D eigenvalue weighted by atomic mass is 16.1. The van der Waals surface area contributed by atoms with Gasteiger partial charge in [0.05, 0.1) is 5.69 Å². The van der Waals surface area contributed by atoms with Crippen molar-refractivity contribution >= 4 is 11.7 Å². The van der Waals surface area contributed by atoms with Gasteiger partial charge in [0.25, 0.3) is 0 Å². The number of aryl methyl sites for hydroxylation is 2. The number of carbonyl (C=O) groups excluding carboxylic acids is 1. The topological polar surface area (TPSA) is 46.9 Å². The zero-order valence-electron chi connectivity index (χ0n) is 12.8. The van der Waals surface area contributed by atoms with E-state index in [1.165, 1.54) is 25.7 Å². The Morgan fingerprint density at radius 3 is 2.80 bits per heavy atom. The molecule has 2 aliphatic rings. The van der Waals surface area contributed by atoms with Crippen molar-refractivity contribution < 1.29 is 4.79 Å². The summed E-state index contributed by atoms with van der Waals surface area (Å²) < 4.78 is 1.80. The van der Waals surface area contributed by atoms with Gasteiger partial charge >= 0.3 is 0 Å². The molecule has 20 heavy (non-hydrogen) atoms. The van der Waals surface area contributed by atoms with E-state index in [0.29, 0.717) is 12.3 Å². The smallest absolute Gasteiger partial charge is 0.225 e. The molecule has 2 bridgehead atoms. The Hall–Kier alpha value is -1.32. The van der Waals surface area contributed by atoms with Crippen LogP contribution in [0.5, 0.6) is 0 Å². The first kappa shape index (κ1) is 13.7.